The van der Waals surface area contributed by atoms with Crippen molar-refractivity contribution in [1.29, 1.82) is 0 Å². The molecule has 2 unspecified atom stereocenters. The monoisotopic (exact) mass is 477 g/mol. The van der Waals surface area contributed by atoms with Crippen LogP contribution in [0.2, 0.25) is 0 Å². The predicted octanol–water partition coefficient (Wildman–Crippen LogP) is 2.69. The number of aromatic nitrogens is 1. The third kappa shape index (κ3) is 4.60. The van der Waals surface area contributed by atoms with Crippen molar-refractivity contribution in [3.8, 4) is 11.1 Å². The van der Waals surface area contributed by atoms with Crippen LogP contribution in [0.3, 0.4) is 0 Å². The third-order valence-electron chi connectivity index (χ3n) is 6.21. The number of nitrogens with one attached hydrogen (secondary N) is 2. The van der Waals surface area contributed by atoms with E-state index in [9.17, 15) is 14.4 Å². The van der Waals surface area contributed by atoms with Gasteiger partial charge in [0.2, 0.25) is 0 Å². The number of hydrogen-bond acceptors (Lipinski definition) is 7. The number of aromatic carboxylic acids is 1. The first kappa shape index (κ1) is 22.6. The summed E-state index contributed by atoms with van der Waals surface area (Å²) in [6, 6.07) is 16.8. The van der Waals surface area contributed by atoms with E-state index in [4.69, 9.17) is 19.1 Å². The highest BCUT2D eigenvalue weighted by Gasteiger charge is 2.36. The van der Waals surface area contributed by atoms with Gasteiger partial charge in [-0.2, -0.15) is 0 Å². The molecule has 2 heterocycles. The number of carbonyl (C=O) groups is 3. The average molecular weight is 477 g/mol. The summed E-state index contributed by atoms with van der Waals surface area (Å²) < 4.78 is 16.0. The summed E-state index contributed by atoms with van der Waals surface area (Å²) in [5, 5.41) is 17.6. The van der Waals surface area contributed by atoms with Gasteiger partial charge in [0, 0.05) is 18.6 Å². The van der Waals surface area contributed by atoms with Gasteiger partial charge >= 0.3 is 12.1 Å². The van der Waals surface area contributed by atoms with Crippen molar-refractivity contribution in [2.24, 2.45) is 0 Å². The van der Waals surface area contributed by atoms with Gasteiger partial charge in [0.05, 0.1) is 12.6 Å². The van der Waals surface area contributed by atoms with Gasteiger partial charge in [-0.15, -0.1) is 0 Å². The SMILES string of the molecule is O=C(NC1CCOC1C(=O)NCc1cc(C(=O)O)no1)OCC1c2ccccc2-c2ccccc21. The number of carboxylic acid groups (broad SMARTS) is 1. The zero-order chi connectivity index (χ0) is 24.4. The summed E-state index contributed by atoms with van der Waals surface area (Å²) in [4.78, 5) is 36.1. The highest BCUT2D eigenvalue weighted by atomic mass is 16.6. The molecule has 0 bridgehead atoms. The number of hydrogen-bond donors (Lipinski definition) is 3. The Labute approximate surface area is 200 Å². The van der Waals surface area contributed by atoms with Crippen LogP contribution in [0.1, 0.15) is 39.7 Å². The van der Waals surface area contributed by atoms with Crippen molar-refractivity contribution in [3.05, 3.63) is 77.2 Å². The zero-order valence-corrected chi connectivity index (χ0v) is 18.6. The minimum atomic E-state index is -1.22. The van der Waals surface area contributed by atoms with E-state index >= 15 is 0 Å². The molecule has 2 aromatic carbocycles. The van der Waals surface area contributed by atoms with E-state index in [0.717, 1.165) is 22.3 Å². The third-order valence-corrected chi connectivity index (χ3v) is 6.21. The van der Waals surface area contributed by atoms with Crippen LogP contribution in [0.15, 0.2) is 59.1 Å². The molecule has 2 aliphatic rings. The normalized spacial score (nSPS) is 18.5. The van der Waals surface area contributed by atoms with Crippen LogP contribution >= 0.6 is 0 Å². The number of nitrogens with zero attached hydrogens (tertiary/aromatic N) is 1. The Kier molecular flexibility index (Phi) is 6.19. The lowest BCUT2D eigenvalue weighted by Gasteiger charge is -2.20. The first-order valence-electron chi connectivity index (χ1n) is 11.2. The second-order valence-corrected chi connectivity index (χ2v) is 8.36. The average Bonchev–Trinajstić information content (AvgIpc) is 3.59. The molecule has 1 aliphatic heterocycles. The molecule has 0 radical (unpaired) electrons. The lowest BCUT2D eigenvalue weighted by atomic mass is 9.98. The van der Waals surface area contributed by atoms with E-state index in [-0.39, 0.29) is 30.5 Å². The van der Waals surface area contributed by atoms with Crippen LogP contribution < -0.4 is 10.6 Å². The van der Waals surface area contributed by atoms with Gasteiger partial charge in [-0.25, -0.2) is 9.59 Å². The van der Waals surface area contributed by atoms with Crippen molar-refractivity contribution in [3.63, 3.8) is 0 Å². The Morgan fingerprint density at radius 2 is 1.74 bits per heavy atom. The number of fused-ring (bicyclic) bond motifs is 3. The number of ether oxygens (including phenoxy) is 2. The smallest absolute Gasteiger partial charge is 0.407 e. The molecule has 1 saturated heterocycles. The van der Waals surface area contributed by atoms with Gasteiger partial charge in [-0.05, 0) is 28.7 Å². The molecule has 2 atom stereocenters. The Bertz CT molecular complexity index is 1230. The summed E-state index contributed by atoms with van der Waals surface area (Å²) in [7, 11) is 0. The molecule has 35 heavy (non-hydrogen) atoms. The number of carboxylic acids is 1. The van der Waals surface area contributed by atoms with E-state index in [1.165, 1.54) is 6.07 Å². The van der Waals surface area contributed by atoms with Crippen LogP contribution in [0.4, 0.5) is 4.79 Å². The quantitative estimate of drug-likeness (QED) is 0.472. The second kappa shape index (κ2) is 9.59. The molecular formula is C25H23N3O7. The van der Waals surface area contributed by atoms with Gasteiger partial charge in [-0.1, -0.05) is 53.7 Å². The molecule has 3 N–H and O–H groups in total. The van der Waals surface area contributed by atoms with Gasteiger partial charge < -0.3 is 29.7 Å². The highest BCUT2D eigenvalue weighted by molar-refractivity contribution is 5.85. The van der Waals surface area contributed by atoms with E-state index in [1.807, 2.05) is 36.4 Å². The molecule has 3 aromatic rings. The molecule has 0 saturated carbocycles. The van der Waals surface area contributed by atoms with Gasteiger partial charge in [0.15, 0.2) is 17.6 Å². The van der Waals surface area contributed by atoms with Crippen molar-refractivity contribution in [1.82, 2.24) is 15.8 Å². The molecule has 0 spiro atoms. The zero-order valence-electron chi connectivity index (χ0n) is 18.6. The van der Waals surface area contributed by atoms with Crippen LogP contribution in [-0.2, 0) is 20.8 Å². The lowest BCUT2D eigenvalue weighted by Crippen LogP contribution is -2.48. The standard InChI is InChI=1S/C25H23N3O7/c29-23(26-12-14-11-21(24(30)31)28-35-14)22-20(9-10-33-22)27-25(32)34-13-19-17-7-3-1-5-15(17)16-6-2-4-8-18(16)19/h1-8,11,19-20,22H,9-10,12-13H2,(H,26,29)(H,27,32)(H,30,31). The maximum absolute atomic E-state index is 12.6. The number of rotatable bonds is 7. The predicted molar refractivity (Wildman–Crippen MR) is 122 cm³/mol. The van der Waals surface area contributed by atoms with E-state index in [0.29, 0.717) is 13.0 Å². The summed E-state index contributed by atoms with van der Waals surface area (Å²) >= 11 is 0. The lowest BCUT2D eigenvalue weighted by molar-refractivity contribution is -0.131. The van der Waals surface area contributed by atoms with Crippen LogP contribution in [0, 0.1) is 0 Å². The molecule has 1 aromatic heterocycles. The minimum Gasteiger partial charge on any atom is -0.476 e. The maximum Gasteiger partial charge on any atom is 0.407 e. The number of benzene rings is 2. The van der Waals surface area contributed by atoms with Crippen LogP contribution in [-0.4, -0.2) is 53.6 Å². The molecule has 10 nitrogen and oxygen atoms in total. The van der Waals surface area contributed by atoms with Crippen LogP contribution in [0.25, 0.3) is 11.1 Å². The molecule has 1 fully saturated rings. The van der Waals surface area contributed by atoms with E-state index in [2.05, 4.69) is 27.9 Å². The molecule has 5 rings (SSSR count). The summed E-state index contributed by atoms with van der Waals surface area (Å²) in [6.07, 6.45) is -1.08. The fourth-order valence-electron chi connectivity index (χ4n) is 4.56. The molecule has 1 aliphatic carbocycles. The number of amides is 2. The summed E-state index contributed by atoms with van der Waals surface area (Å²) in [5.41, 5.74) is 4.25. The fourth-order valence-corrected chi connectivity index (χ4v) is 4.56. The topological polar surface area (TPSA) is 140 Å². The van der Waals surface area contributed by atoms with Gasteiger partial charge in [0.1, 0.15) is 6.61 Å². The molecule has 2 amide bonds. The van der Waals surface area contributed by atoms with Crippen molar-refractivity contribution < 1.29 is 33.5 Å². The molecule has 10 heteroatoms. The van der Waals surface area contributed by atoms with E-state index < -0.39 is 30.1 Å². The van der Waals surface area contributed by atoms with Crippen molar-refractivity contribution in [2.45, 2.75) is 31.0 Å². The Morgan fingerprint density at radius 3 is 2.40 bits per heavy atom. The molecule has 180 valence electrons. The highest BCUT2D eigenvalue weighted by Crippen LogP contribution is 2.44. The summed E-state index contributed by atoms with van der Waals surface area (Å²) in [5.74, 6) is -1.56. The fraction of sp³-hybridized carbons (Fsp3) is 0.280. The molecular weight excluding hydrogens is 454 g/mol. The Balaban J connectivity index is 1.16. The first-order valence-corrected chi connectivity index (χ1v) is 11.2. The second-order valence-electron chi connectivity index (χ2n) is 8.36. The van der Waals surface area contributed by atoms with E-state index in [1.54, 1.807) is 0 Å². The van der Waals surface area contributed by atoms with Gasteiger partial charge in [0.25, 0.3) is 5.91 Å². The van der Waals surface area contributed by atoms with Gasteiger partial charge in [-0.3, -0.25) is 4.79 Å². The first-order chi connectivity index (χ1) is 17.0. The van der Waals surface area contributed by atoms with Crippen LogP contribution in [0.5, 0.6) is 0 Å². The van der Waals surface area contributed by atoms with Crippen molar-refractivity contribution >= 4 is 18.0 Å². The summed E-state index contributed by atoms with van der Waals surface area (Å²) in [6.45, 7) is 0.413. The number of alkyl carbamates (subject to hydrolysis) is 1. The Hall–Kier alpha value is -4.18. The maximum atomic E-state index is 12.6. The minimum absolute atomic E-state index is 0.0589. The largest absolute Gasteiger partial charge is 0.476 e. The van der Waals surface area contributed by atoms with Crippen molar-refractivity contribution in [2.75, 3.05) is 13.2 Å². The Morgan fingerprint density at radius 1 is 1.06 bits per heavy atom. The number of carbonyl (C=O) groups excluding carboxylic acids is 2.